The van der Waals surface area contributed by atoms with E-state index in [2.05, 4.69) is 31.0 Å². The molecule has 1 aliphatic heterocycles. The van der Waals surface area contributed by atoms with E-state index in [1.54, 1.807) is 0 Å². The van der Waals surface area contributed by atoms with Crippen molar-refractivity contribution in [2.45, 2.75) is 60.0 Å². The normalized spacial score (nSPS) is 19.1. The van der Waals surface area contributed by atoms with Crippen LogP contribution >= 0.6 is 24.0 Å². The predicted molar refractivity (Wildman–Crippen MR) is 117 cm³/mol. The number of hydrogen-bond acceptors (Lipinski definition) is 4. The molecule has 1 fully saturated rings. The molecule has 0 aromatic rings. The minimum atomic E-state index is -0.0840. The molecule has 7 heteroatoms. The van der Waals surface area contributed by atoms with Crippen molar-refractivity contribution >= 4 is 35.9 Å². The van der Waals surface area contributed by atoms with Gasteiger partial charge in [0.1, 0.15) is 0 Å². The van der Waals surface area contributed by atoms with Gasteiger partial charge in [-0.15, -0.1) is 24.0 Å². The number of carbonyl (C=O) groups excluding carboxylic acids is 1. The van der Waals surface area contributed by atoms with Crippen LogP contribution in [0.2, 0.25) is 0 Å². The van der Waals surface area contributed by atoms with Crippen molar-refractivity contribution < 1.29 is 14.3 Å². The fraction of sp³-hybridized carbons (Fsp3) is 0.895. The number of ether oxygens (including phenoxy) is 2. The molecule has 154 valence electrons. The van der Waals surface area contributed by atoms with Gasteiger partial charge in [0.05, 0.1) is 18.6 Å². The van der Waals surface area contributed by atoms with Gasteiger partial charge in [-0.3, -0.25) is 9.79 Å². The van der Waals surface area contributed by atoms with Crippen molar-refractivity contribution in [2.75, 3.05) is 39.4 Å². The predicted octanol–water partition coefficient (Wildman–Crippen LogP) is 3.30. The second-order valence-corrected chi connectivity index (χ2v) is 6.80. The van der Waals surface area contributed by atoms with Gasteiger partial charge in [-0.25, -0.2) is 0 Å². The Labute approximate surface area is 176 Å². The Morgan fingerprint density at radius 2 is 2.00 bits per heavy atom. The Morgan fingerprint density at radius 1 is 1.27 bits per heavy atom. The maximum atomic E-state index is 12.0. The van der Waals surface area contributed by atoms with E-state index >= 15 is 0 Å². The summed E-state index contributed by atoms with van der Waals surface area (Å²) >= 11 is 0. The number of likely N-dealkylation sites (tertiary alicyclic amines) is 1. The van der Waals surface area contributed by atoms with E-state index in [1.165, 1.54) is 0 Å². The first kappa shape index (κ1) is 25.4. The number of aliphatic imine (C=N–C) groups is 1. The van der Waals surface area contributed by atoms with E-state index < -0.39 is 0 Å². The molecule has 1 rings (SSSR count). The Kier molecular flexibility index (Phi) is 14.2. The molecule has 1 heterocycles. The molecule has 0 spiro atoms. The molecule has 26 heavy (non-hydrogen) atoms. The van der Waals surface area contributed by atoms with Crippen LogP contribution in [0.3, 0.4) is 0 Å². The number of halogens is 1. The van der Waals surface area contributed by atoms with E-state index in [0.717, 1.165) is 51.5 Å². The van der Waals surface area contributed by atoms with Gasteiger partial charge < -0.3 is 19.7 Å². The van der Waals surface area contributed by atoms with Crippen LogP contribution in [0.25, 0.3) is 0 Å². The molecule has 0 bridgehead atoms. The van der Waals surface area contributed by atoms with Crippen LogP contribution in [-0.2, 0) is 14.3 Å². The van der Waals surface area contributed by atoms with Gasteiger partial charge in [0, 0.05) is 32.8 Å². The van der Waals surface area contributed by atoms with E-state index in [0.29, 0.717) is 19.1 Å². The number of nitrogens with zero attached hydrogens (tertiary/aromatic N) is 2. The van der Waals surface area contributed by atoms with Crippen molar-refractivity contribution in [3.8, 4) is 0 Å². The summed E-state index contributed by atoms with van der Waals surface area (Å²) in [5.74, 6) is 1.25. The lowest BCUT2D eigenvalue weighted by molar-refractivity contribution is -0.149. The minimum absolute atomic E-state index is 0. The molecule has 2 unspecified atom stereocenters. The van der Waals surface area contributed by atoms with E-state index in [-0.39, 0.29) is 42.0 Å². The molecule has 1 aliphatic rings. The standard InChI is InChI=1S/C19H37N3O3.HI/c1-6-20-19(21-12-11-17(15(4)5)24-7-2)22-13-9-10-16(14-22)18(23)25-8-3;/h15-17H,6-14H2,1-5H3,(H,20,21);1H. The van der Waals surface area contributed by atoms with Gasteiger partial charge in [-0.2, -0.15) is 0 Å². The SMILES string of the molecule is CCNC(=NCCC(OCC)C(C)C)N1CCCC(C(=O)OCC)C1.I. The fourth-order valence-corrected chi connectivity index (χ4v) is 3.17. The number of esters is 1. The maximum absolute atomic E-state index is 12.0. The monoisotopic (exact) mass is 483 g/mol. The van der Waals surface area contributed by atoms with Crippen LogP contribution in [0.15, 0.2) is 4.99 Å². The number of carbonyl (C=O) groups is 1. The van der Waals surface area contributed by atoms with Gasteiger partial charge in [0.2, 0.25) is 0 Å². The zero-order chi connectivity index (χ0) is 18.7. The zero-order valence-electron chi connectivity index (χ0n) is 17.1. The summed E-state index contributed by atoms with van der Waals surface area (Å²) < 4.78 is 11.0. The highest BCUT2D eigenvalue weighted by Gasteiger charge is 2.28. The lowest BCUT2D eigenvalue weighted by atomic mass is 9.98. The van der Waals surface area contributed by atoms with Crippen LogP contribution in [0, 0.1) is 11.8 Å². The second-order valence-electron chi connectivity index (χ2n) is 6.80. The Hall–Kier alpha value is -0.570. The molecule has 0 saturated carbocycles. The number of hydrogen-bond donors (Lipinski definition) is 1. The molecule has 0 amide bonds. The summed E-state index contributed by atoms with van der Waals surface area (Å²) in [6, 6.07) is 0. The van der Waals surface area contributed by atoms with Crippen molar-refractivity contribution in [3.05, 3.63) is 0 Å². The van der Waals surface area contributed by atoms with Gasteiger partial charge in [0.25, 0.3) is 0 Å². The average Bonchev–Trinajstić information content (AvgIpc) is 2.60. The molecule has 1 saturated heterocycles. The number of rotatable bonds is 9. The largest absolute Gasteiger partial charge is 0.466 e. The van der Waals surface area contributed by atoms with E-state index in [1.807, 2.05) is 13.8 Å². The Balaban J connectivity index is 0.00000625. The third kappa shape index (κ3) is 8.88. The molecule has 0 aliphatic carbocycles. The molecule has 2 atom stereocenters. The molecule has 0 aromatic heterocycles. The third-order valence-electron chi connectivity index (χ3n) is 4.48. The quantitative estimate of drug-likeness (QED) is 0.236. The highest BCUT2D eigenvalue weighted by Crippen LogP contribution is 2.18. The molecule has 1 N–H and O–H groups in total. The zero-order valence-corrected chi connectivity index (χ0v) is 19.5. The van der Waals surface area contributed by atoms with Crippen LogP contribution < -0.4 is 5.32 Å². The Morgan fingerprint density at radius 3 is 2.58 bits per heavy atom. The molecular formula is C19H38IN3O3. The van der Waals surface area contributed by atoms with Crippen LogP contribution in [-0.4, -0.2) is 62.3 Å². The lowest BCUT2D eigenvalue weighted by Gasteiger charge is -2.34. The summed E-state index contributed by atoms with van der Waals surface area (Å²) in [5, 5.41) is 3.36. The highest BCUT2D eigenvalue weighted by molar-refractivity contribution is 14.0. The summed E-state index contributed by atoms with van der Waals surface area (Å²) in [6.45, 7) is 14.7. The minimum Gasteiger partial charge on any atom is -0.466 e. The second kappa shape index (κ2) is 14.5. The molecule has 6 nitrogen and oxygen atoms in total. The topological polar surface area (TPSA) is 63.2 Å². The smallest absolute Gasteiger partial charge is 0.310 e. The van der Waals surface area contributed by atoms with Crippen molar-refractivity contribution in [2.24, 2.45) is 16.8 Å². The summed E-state index contributed by atoms with van der Waals surface area (Å²) in [5.41, 5.74) is 0. The lowest BCUT2D eigenvalue weighted by Crippen LogP contribution is -2.48. The van der Waals surface area contributed by atoms with Crippen LogP contribution in [0.5, 0.6) is 0 Å². The average molecular weight is 483 g/mol. The first-order valence-corrected chi connectivity index (χ1v) is 9.84. The summed E-state index contributed by atoms with van der Waals surface area (Å²) in [6.07, 6.45) is 3.04. The first-order chi connectivity index (χ1) is 12.0. The first-order valence-electron chi connectivity index (χ1n) is 9.84. The number of nitrogens with one attached hydrogen (secondary N) is 1. The van der Waals surface area contributed by atoms with Crippen molar-refractivity contribution in [1.82, 2.24) is 10.2 Å². The van der Waals surface area contributed by atoms with Crippen molar-refractivity contribution in [3.63, 3.8) is 0 Å². The van der Waals surface area contributed by atoms with E-state index in [4.69, 9.17) is 14.5 Å². The fourth-order valence-electron chi connectivity index (χ4n) is 3.17. The summed E-state index contributed by atoms with van der Waals surface area (Å²) in [4.78, 5) is 19.0. The maximum Gasteiger partial charge on any atom is 0.310 e. The molecule has 0 aromatic carbocycles. The third-order valence-corrected chi connectivity index (χ3v) is 4.48. The highest BCUT2D eigenvalue weighted by atomic mass is 127. The molecular weight excluding hydrogens is 445 g/mol. The van der Waals surface area contributed by atoms with Gasteiger partial charge in [0.15, 0.2) is 5.96 Å². The van der Waals surface area contributed by atoms with Crippen molar-refractivity contribution in [1.29, 1.82) is 0 Å². The number of guanidine groups is 1. The Bertz CT molecular complexity index is 419. The van der Waals surface area contributed by atoms with Crippen LogP contribution in [0.1, 0.15) is 53.9 Å². The number of piperidine rings is 1. The van der Waals surface area contributed by atoms with Gasteiger partial charge in [-0.05, 0) is 46.0 Å². The summed E-state index contributed by atoms with van der Waals surface area (Å²) in [7, 11) is 0. The van der Waals surface area contributed by atoms with Gasteiger partial charge >= 0.3 is 5.97 Å². The van der Waals surface area contributed by atoms with Crippen LogP contribution in [0.4, 0.5) is 0 Å². The van der Waals surface area contributed by atoms with E-state index in [9.17, 15) is 4.79 Å². The van der Waals surface area contributed by atoms with Gasteiger partial charge in [-0.1, -0.05) is 13.8 Å². The molecule has 0 radical (unpaired) electrons.